The highest BCUT2D eigenvalue weighted by molar-refractivity contribution is 7.92. The summed E-state index contributed by atoms with van der Waals surface area (Å²) in [6.07, 6.45) is 1.07. The molecule has 1 amide bonds. The maximum atomic E-state index is 12.8. The standard InChI is InChI=1S/C21H18N2O4S/c1-13-17-11-10-14-6-3-4-9-18(14)20(17)27-19(13)21(24)22-15-7-5-8-16(12-15)23-28(2,25)26/h3-12,23H,1-2H3,(H,22,24). The summed E-state index contributed by atoms with van der Waals surface area (Å²) in [4.78, 5) is 12.8. The van der Waals surface area contributed by atoms with Gasteiger partial charge in [0.2, 0.25) is 10.0 Å². The summed E-state index contributed by atoms with van der Waals surface area (Å²) < 4.78 is 31.1. The molecule has 0 radical (unpaired) electrons. The van der Waals surface area contributed by atoms with Crippen LogP contribution < -0.4 is 10.0 Å². The molecule has 0 spiro atoms. The molecule has 6 nitrogen and oxygen atoms in total. The number of hydrogen-bond donors (Lipinski definition) is 2. The zero-order valence-electron chi connectivity index (χ0n) is 15.3. The third-order valence-corrected chi connectivity index (χ3v) is 5.06. The molecule has 0 aliphatic heterocycles. The predicted octanol–water partition coefficient (Wildman–Crippen LogP) is 4.52. The molecular weight excluding hydrogens is 376 g/mol. The van der Waals surface area contributed by atoms with Crippen LogP contribution in [-0.2, 0) is 10.0 Å². The monoisotopic (exact) mass is 394 g/mol. The lowest BCUT2D eigenvalue weighted by Crippen LogP contribution is -2.13. The molecular formula is C21H18N2O4S. The highest BCUT2D eigenvalue weighted by Gasteiger charge is 2.19. The molecule has 0 fully saturated rings. The van der Waals surface area contributed by atoms with Crippen molar-refractivity contribution in [3.63, 3.8) is 0 Å². The van der Waals surface area contributed by atoms with Gasteiger partial charge in [-0.1, -0.05) is 42.5 Å². The van der Waals surface area contributed by atoms with E-state index < -0.39 is 15.9 Å². The minimum absolute atomic E-state index is 0.229. The van der Waals surface area contributed by atoms with Gasteiger partial charge in [-0.25, -0.2) is 8.42 Å². The summed E-state index contributed by atoms with van der Waals surface area (Å²) in [5, 5.41) is 5.64. The van der Waals surface area contributed by atoms with Crippen LogP contribution in [0.1, 0.15) is 16.1 Å². The number of anilines is 2. The van der Waals surface area contributed by atoms with E-state index in [2.05, 4.69) is 10.0 Å². The van der Waals surface area contributed by atoms with Crippen LogP contribution in [0.2, 0.25) is 0 Å². The van der Waals surface area contributed by atoms with Gasteiger partial charge in [0.15, 0.2) is 5.76 Å². The lowest BCUT2D eigenvalue weighted by molar-refractivity contribution is 0.0998. The fourth-order valence-corrected chi connectivity index (χ4v) is 3.78. The third kappa shape index (κ3) is 3.44. The van der Waals surface area contributed by atoms with Crippen LogP contribution in [0, 0.1) is 6.92 Å². The summed E-state index contributed by atoms with van der Waals surface area (Å²) in [7, 11) is -3.40. The van der Waals surface area contributed by atoms with E-state index >= 15 is 0 Å². The van der Waals surface area contributed by atoms with E-state index in [0.717, 1.165) is 28.0 Å². The fraction of sp³-hybridized carbons (Fsp3) is 0.0952. The highest BCUT2D eigenvalue weighted by atomic mass is 32.2. The fourth-order valence-electron chi connectivity index (χ4n) is 3.23. The van der Waals surface area contributed by atoms with Crippen LogP contribution >= 0.6 is 0 Å². The maximum absolute atomic E-state index is 12.8. The quantitative estimate of drug-likeness (QED) is 0.533. The third-order valence-electron chi connectivity index (χ3n) is 4.46. The first-order valence-corrected chi connectivity index (χ1v) is 10.5. The minimum atomic E-state index is -3.40. The molecule has 0 atom stereocenters. The Morgan fingerprint density at radius 3 is 2.46 bits per heavy atom. The Balaban J connectivity index is 1.69. The molecule has 0 unspecified atom stereocenters. The lowest BCUT2D eigenvalue weighted by atomic mass is 10.1. The second-order valence-corrected chi connectivity index (χ2v) is 8.38. The summed E-state index contributed by atoms with van der Waals surface area (Å²) in [6.45, 7) is 1.84. The molecule has 2 N–H and O–H groups in total. The van der Waals surface area contributed by atoms with Crippen molar-refractivity contribution in [2.24, 2.45) is 0 Å². The van der Waals surface area contributed by atoms with Crippen molar-refractivity contribution >= 4 is 49.0 Å². The second-order valence-electron chi connectivity index (χ2n) is 6.63. The van der Waals surface area contributed by atoms with Crippen molar-refractivity contribution in [3.8, 4) is 0 Å². The number of amides is 1. The van der Waals surface area contributed by atoms with Crippen molar-refractivity contribution in [1.82, 2.24) is 0 Å². The van der Waals surface area contributed by atoms with Crippen molar-refractivity contribution in [2.45, 2.75) is 6.92 Å². The van der Waals surface area contributed by atoms with Gasteiger partial charge in [-0.2, -0.15) is 0 Å². The van der Waals surface area contributed by atoms with Crippen LogP contribution in [-0.4, -0.2) is 20.6 Å². The van der Waals surface area contributed by atoms with Crippen LogP contribution in [0.4, 0.5) is 11.4 Å². The number of hydrogen-bond acceptors (Lipinski definition) is 4. The SMILES string of the molecule is Cc1c(C(=O)Nc2cccc(NS(C)(=O)=O)c2)oc2c1ccc1ccccc12. The van der Waals surface area contributed by atoms with Crippen molar-refractivity contribution < 1.29 is 17.6 Å². The van der Waals surface area contributed by atoms with E-state index in [1.165, 1.54) is 0 Å². The van der Waals surface area contributed by atoms with E-state index in [9.17, 15) is 13.2 Å². The van der Waals surface area contributed by atoms with Gasteiger partial charge in [0.05, 0.1) is 11.9 Å². The van der Waals surface area contributed by atoms with E-state index in [1.54, 1.807) is 24.3 Å². The van der Waals surface area contributed by atoms with E-state index in [0.29, 0.717) is 17.0 Å². The summed E-state index contributed by atoms with van der Waals surface area (Å²) in [6, 6.07) is 18.3. The van der Waals surface area contributed by atoms with Crippen molar-refractivity contribution in [2.75, 3.05) is 16.3 Å². The van der Waals surface area contributed by atoms with Crippen molar-refractivity contribution in [1.29, 1.82) is 0 Å². The van der Waals surface area contributed by atoms with Crippen LogP contribution in [0.3, 0.4) is 0 Å². The summed E-state index contributed by atoms with van der Waals surface area (Å²) >= 11 is 0. The van der Waals surface area contributed by atoms with Gasteiger partial charge in [-0.15, -0.1) is 0 Å². The Morgan fingerprint density at radius 1 is 0.929 bits per heavy atom. The lowest BCUT2D eigenvalue weighted by Gasteiger charge is -2.07. The molecule has 3 aromatic carbocycles. The zero-order valence-corrected chi connectivity index (χ0v) is 16.1. The Kier molecular flexibility index (Phi) is 4.31. The van der Waals surface area contributed by atoms with Crippen molar-refractivity contribution in [3.05, 3.63) is 72.0 Å². The number of aryl methyl sites for hydroxylation is 1. The first kappa shape index (κ1) is 18.1. The van der Waals surface area contributed by atoms with Crippen LogP contribution in [0.5, 0.6) is 0 Å². The van der Waals surface area contributed by atoms with Crippen LogP contribution in [0.15, 0.2) is 65.1 Å². The van der Waals surface area contributed by atoms with Crippen LogP contribution in [0.25, 0.3) is 21.7 Å². The van der Waals surface area contributed by atoms with Gasteiger partial charge in [0.1, 0.15) is 5.58 Å². The van der Waals surface area contributed by atoms with E-state index in [1.807, 2.05) is 43.3 Å². The number of rotatable bonds is 4. The Bertz CT molecular complexity index is 1320. The number of nitrogens with one attached hydrogen (secondary N) is 2. The second kappa shape index (κ2) is 6.69. The number of carbonyl (C=O) groups is 1. The van der Waals surface area contributed by atoms with E-state index in [4.69, 9.17) is 4.42 Å². The van der Waals surface area contributed by atoms with Gasteiger partial charge in [-0.05, 0) is 30.5 Å². The smallest absolute Gasteiger partial charge is 0.291 e. The topological polar surface area (TPSA) is 88.4 Å². The molecule has 1 aromatic heterocycles. The average Bonchev–Trinajstić information content (AvgIpc) is 2.98. The largest absolute Gasteiger partial charge is 0.450 e. The number of benzene rings is 3. The molecule has 0 aliphatic carbocycles. The molecule has 0 saturated heterocycles. The van der Waals surface area contributed by atoms with Gasteiger partial charge < -0.3 is 9.73 Å². The molecule has 0 bridgehead atoms. The normalized spacial score (nSPS) is 11.6. The van der Waals surface area contributed by atoms with Gasteiger partial charge in [-0.3, -0.25) is 9.52 Å². The molecule has 28 heavy (non-hydrogen) atoms. The maximum Gasteiger partial charge on any atom is 0.291 e. The Hall–Kier alpha value is -3.32. The molecule has 7 heteroatoms. The number of sulfonamides is 1. The minimum Gasteiger partial charge on any atom is -0.450 e. The molecule has 0 saturated carbocycles. The molecule has 142 valence electrons. The Morgan fingerprint density at radius 2 is 1.68 bits per heavy atom. The molecule has 0 aliphatic rings. The molecule has 4 aromatic rings. The van der Waals surface area contributed by atoms with E-state index in [-0.39, 0.29) is 5.76 Å². The average molecular weight is 394 g/mol. The zero-order chi connectivity index (χ0) is 19.9. The van der Waals surface area contributed by atoms with Gasteiger partial charge in [0.25, 0.3) is 5.91 Å². The van der Waals surface area contributed by atoms with Gasteiger partial charge in [0, 0.05) is 22.0 Å². The highest BCUT2D eigenvalue weighted by Crippen LogP contribution is 2.32. The first-order chi connectivity index (χ1) is 13.3. The number of carbonyl (C=O) groups excluding carboxylic acids is 1. The number of furan rings is 1. The van der Waals surface area contributed by atoms with Gasteiger partial charge >= 0.3 is 0 Å². The molecule has 1 heterocycles. The first-order valence-electron chi connectivity index (χ1n) is 8.62. The summed E-state index contributed by atoms with van der Waals surface area (Å²) in [5.41, 5.74) is 2.26. The molecule has 4 rings (SSSR count). The summed E-state index contributed by atoms with van der Waals surface area (Å²) in [5.74, 6) is -0.165. The predicted molar refractivity (Wildman–Crippen MR) is 111 cm³/mol. The Labute approximate surface area is 162 Å². The number of fused-ring (bicyclic) bond motifs is 3.